The highest BCUT2D eigenvalue weighted by atomic mass is 16.3. The quantitative estimate of drug-likeness (QED) is 0.630. The van der Waals surface area contributed by atoms with E-state index in [0.29, 0.717) is 5.56 Å². The first-order valence-corrected chi connectivity index (χ1v) is 5.48. The van der Waals surface area contributed by atoms with Crippen LogP contribution in [-0.2, 0) is 0 Å². The Morgan fingerprint density at radius 3 is 3.06 bits per heavy atom. The Hall–Kier alpha value is -1.88. The van der Waals surface area contributed by atoms with Crippen molar-refractivity contribution in [3.8, 4) is 11.4 Å². The van der Waals surface area contributed by atoms with Gasteiger partial charge in [-0.15, -0.1) is 0 Å². The summed E-state index contributed by atoms with van der Waals surface area (Å²) in [5, 5.41) is 12.8. The fourth-order valence-electron chi connectivity index (χ4n) is 1.90. The number of rotatable bonds is 3. The Morgan fingerprint density at radius 2 is 2.35 bits per heavy atom. The lowest BCUT2D eigenvalue weighted by atomic mass is 10.1. The van der Waals surface area contributed by atoms with Crippen molar-refractivity contribution in [2.45, 2.75) is 19.4 Å². The smallest absolute Gasteiger partial charge is 0.253 e. The van der Waals surface area contributed by atoms with Gasteiger partial charge in [0, 0.05) is 11.6 Å². The third-order valence-electron chi connectivity index (χ3n) is 2.95. The van der Waals surface area contributed by atoms with Gasteiger partial charge in [-0.25, -0.2) is 4.98 Å². The normalized spacial score (nSPS) is 12.9. The summed E-state index contributed by atoms with van der Waals surface area (Å²) in [6.45, 7) is 3.45. The van der Waals surface area contributed by atoms with Crippen LogP contribution in [0, 0.1) is 0 Å². The third-order valence-corrected chi connectivity index (χ3v) is 2.95. The number of fused-ring (bicyclic) bond motifs is 3. The van der Waals surface area contributed by atoms with Crippen molar-refractivity contribution in [2.24, 2.45) is 0 Å². The lowest BCUT2D eigenvalue weighted by Gasteiger charge is -2.23. The van der Waals surface area contributed by atoms with E-state index >= 15 is 0 Å². The molecular formula is C12H13N3O2. The lowest BCUT2D eigenvalue weighted by Crippen LogP contribution is -2.46. The highest BCUT2D eigenvalue weighted by Crippen LogP contribution is 2.38. The summed E-state index contributed by atoms with van der Waals surface area (Å²) >= 11 is 0. The molecule has 3 rings (SSSR count). The molecule has 0 unspecified atom stereocenters. The first-order chi connectivity index (χ1) is 8.02. The van der Waals surface area contributed by atoms with Crippen molar-refractivity contribution in [3.63, 3.8) is 0 Å². The number of pyridine rings is 1. The summed E-state index contributed by atoms with van der Waals surface area (Å²) in [4.78, 5) is 19.2. The van der Waals surface area contributed by atoms with Gasteiger partial charge in [0.25, 0.3) is 5.91 Å². The minimum atomic E-state index is -0.618. The number of hydrogen-bond acceptors (Lipinski definition) is 3. The van der Waals surface area contributed by atoms with E-state index in [1.165, 1.54) is 0 Å². The molecule has 1 aromatic rings. The van der Waals surface area contributed by atoms with Crippen LogP contribution in [-0.4, -0.2) is 33.1 Å². The molecule has 0 atom stereocenters. The number of H-pyrrole nitrogens is 1. The molecular weight excluding hydrogens is 218 g/mol. The number of amides is 1. The molecule has 2 aliphatic rings. The van der Waals surface area contributed by atoms with Crippen LogP contribution < -0.4 is 5.32 Å². The largest absolute Gasteiger partial charge is 0.394 e. The van der Waals surface area contributed by atoms with Crippen molar-refractivity contribution in [1.82, 2.24) is 15.3 Å². The van der Waals surface area contributed by atoms with Gasteiger partial charge in [-0.3, -0.25) is 4.79 Å². The van der Waals surface area contributed by atoms with E-state index in [-0.39, 0.29) is 12.5 Å². The molecule has 5 nitrogen and oxygen atoms in total. The predicted molar refractivity (Wildman–Crippen MR) is 63.7 cm³/mol. The van der Waals surface area contributed by atoms with Crippen LogP contribution in [0.15, 0.2) is 12.3 Å². The molecule has 88 valence electrons. The molecule has 3 N–H and O–H groups in total. The number of hydrogen-bond donors (Lipinski definition) is 3. The van der Waals surface area contributed by atoms with E-state index in [0.717, 1.165) is 22.3 Å². The zero-order chi connectivity index (χ0) is 12.2. The van der Waals surface area contributed by atoms with Crippen molar-refractivity contribution in [1.29, 1.82) is 0 Å². The van der Waals surface area contributed by atoms with Crippen molar-refractivity contribution < 1.29 is 9.90 Å². The van der Waals surface area contributed by atoms with Gasteiger partial charge in [0.1, 0.15) is 5.69 Å². The van der Waals surface area contributed by atoms with Gasteiger partial charge in [-0.05, 0) is 19.9 Å². The van der Waals surface area contributed by atoms with Crippen molar-refractivity contribution in [3.05, 3.63) is 17.8 Å². The molecule has 1 aliphatic heterocycles. The fraction of sp³-hybridized carbons (Fsp3) is 0.333. The Balaban J connectivity index is 1.93. The van der Waals surface area contributed by atoms with Gasteiger partial charge in [0.05, 0.1) is 28.9 Å². The molecule has 0 saturated carbocycles. The Bertz CT molecular complexity index is 628. The Labute approximate surface area is 97.9 Å². The highest BCUT2D eigenvalue weighted by Gasteiger charge is 2.27. The standard InChI is InChI=1S/C12H13N3O2/c1-12(2,5-16)15-11(17)7-4-13-9-6(7)3-8-10(9)14-8/h3-4,13,16H,5H2,1-2H3,(H,15,17). The fourth-order valence-corrected chi connectivity index (χ4v) is 1.90. The molecule has 0 aromatic carbocycles. The monoisotopic (exact) mass is 231 g/mol. The van der Waals surface area contributed by atoms with E-state index < -0.39 is 5.54 Å². The van der Waals surface area contributed by atoms with Crippen LogP contribution in [0.2, 0.25) is 0 Å². The molecule has 0 spiro atoms. The predicted octanol–water partition coefficient (Wildman–Crippen LogP) is 1.04. The summed E-state index contributed by atoms with van der Waals surface area (Å²) in [7, 11) is 0. The molecule has 5 heteroatoms. The highest BCUT2D eigenvalue weighted by molar-refractivity contribution is 6.13. The van der Waals surface area contributed by atoms with Crippen LogP contribution in [0.1, 0.15) is 24.2 Å². The van der Waals surface area contributed by atoms with Crippen LogP contribution in [0.3, 0.4) is 0 Å². The zero-order valence-electron chi connectivity index (χ0n) is 9.66. The second-order valence-corrected chi connectivity index (χ2v) is 4.98. The van der Waals surface area contributed by atoms with Crippen molar-refractivity contribution >= 4 is 16.8 Å². The van der Waals surface area contributed by atoms with E-state index in [2.05, 4.69) is 15.3 Å². The molecule has 0 fully saturated rings. The Kier molecular flexibility index (Phi) is 1.86. The van der Waals surface area contributed by atoms with Crippen molar-refractivity contribution in [2.75, 3.05) is 6.61 Å². The van der Waals surface area contributed by atoms with Gasteiger partial charge >= 0.3 is 0 Å². The average molecular weight is 231 g/mol. The summed E-state index contributed by atoms with van der Waals surface area (Å²) in [5.74, 6) is -0.180. The van der Waals surface area contributed by atoms with Gasteiger partial charge in [0.2, 0.25) is 0 Å². The Morgan fingerprint density at radius 1 is 1.59 bits per heavy atom. The molecule has 2 heterocycles. The number of carbonyl (C=O) groups excluding carboxylic acids is 1. The maximum Gasteiger partial charge on any atom is 0.253 e. The second-order valence-electron chi connectivity index (χ2n) is 4.98. The third kappa shape index (κ3) is 1.51. The molecule has 1 aliphatic carbocycles. The van der Waals surface area contributed by atoms with E-state index in [4.69, 9.17) is 5.11 Å². The van der Waals surface area contributed by atoms with E-state index in [1.807, 2.05) is 6.07 Å². The number of aromatic amines is 1. The maximum absolute atomic E-state index is 12.1. The first-order valence-electron chi connectivity index (χ1n) is 5.48. The number of nitrogens with one attached hydrogen (secondary N) is 2. The van der Waals surface area contributed by atoms with Gasteiger partial charge < -0.3 is 15.4 Å². The molecule has 17 heavy (non-hydrogen) atoms. The number of nitrogens with zero attached hydrogens (tertiary/aromatic N) is 1. The summed E-state index contributed by atoms with van der Waals surface area (Å²) in [6, 6.07) is 1.90. The summed E-state index contributed by atoms with van der Waals surface area (Å²) in [5.41, 5.74) is 2.83. The van der Waals surface area contributed by atoms with Gasteiger partial charge in [-0.1, -0.05) is 0 Å². The zero-order valence-corrected chi connectivity index (χ0v) is 9.66. The minimum Gasteiger partial charge on any atom is -0.394 e. The van der Waals surface area contributed by atoms with E-state index in [1.54, 1.807) is 20.0 Å². The van der Waals surface area contributed by atoms with Crippen LogP contribution >= 0.6 is 0 Å². The second kappa shape index (κ2) is 3.07. The first kappa shape index (κ1) is 10.3. The summed E-state index contributed by atoms with van der Waals surface area (Å²) in [6.07, 6.45) is 1.68. The van der Waals surface area contributed by atoms with Crippen LogP contribution in [0.25, 0.3) is 22.3 Å². The molecule has 1 aromatic heterocycles. The van der Waals surface area contributed by atoms with Gasteiger partial charge in [-0.2, -0.15) is 0 Å². The summed E-state index contributed by atoms with van der Waals surface area (Å²) < 4.78 is 0. The van der Waals surface area contributed by atoms with Crippen LogP contribution in [0.5, 0.6) is 0 Å². The molecule has 1 amide bonds. The molecule has 0 radical (unpaired) electrons. The number of aliphatic hydroxyl groups is 1. The van der Waals surface area contributed by atoms with Gasteiger partial charge in [0.15, 0.2) is 0 Å². The number of carbonyl (C=O) groups is 1. The van der Waals surface area contributed by atoms with Crippen LogP contribution in [0.4, 0.5) is 0 Å². The average Bonchev–Trinajstić information content (AvgIpc) is 2.75. The topological polar surface area (TPSA) is 78.0 Å². The molecule has 0 saturated heterocycles. The maximum atomic E-state index is 12.1. The number of aliphatic hydroxyl groups excluding tert-OH is 1. The van der Waals surface area contributed by atoms with E-state index in [9.17, 15) is 4.79 Å². The SMILES string of the molecule is CC(C)(CO)NC(=O)c1c[nH]c2c3nc-3cc12. The molecule has 0 bridgehead atoms. The minimum absolute atomic E-state index is 0.0981. The lowest BCUT2D eigenvalue weighted by molar-refractivity contribution is 0.0871. The number of aromatic nitrogens is 2.